The average Bonchev–Trinajstić information content (AvgIpc) is 3.07. The van der Waals surface area contributed by atoms with E-state index in [4.69, 9.17) is 0 Å². The molecule has 2 aliphatic heterocycles. The maximum Gasteiger partial charge on any atom is 0.323 e. The van der Waals surface area contributed by atoms with Crippen molar-refractivity contribution in [3.05, 3.63) is 34.2 Å². The quantitative estimate of drug-likeness (QED) is 0.756. The van der Waals surface area contributed by atoms with Crippen LogP contribution in [0.5, 0.6) is 0 Å². The number of hydrogen-bond acceptors (Lipinski definition) is 3. The summed E-state index contributed by atoms with van der Waals surface area (Å²) in [5, 5.41) is 3.44. The van der Waals surface area contributed by atoms with Gasteiger partial charge >= 0.3 is 5.69 Å². The lowest BCUT2D eigenvalue weighted by atomic mass is 9.85. The number of benzene rings is 1. The summed E-state index contributed by atoms with van der Waals surface area (Å²) in [4.78, 5) is 31.5. The van der Waals surface area contributed by atoms with Crippen molar-refractivity contribution in [3.63, 3.8) is 0 Å². The van der Waals surface area contributed by atoms with Crippen molar-refractivity contribution in [2.45, 2.75) is 44.9 Å². The second kappa shape index (κ2) is 8.30. The Morgan fingerprint density at radius 1 is 0.963 bits per heavy atom. The van der Waals surface area contributed by atoms with Gasteiger partial charge in [0.1, 0.15) is 0 Å². The van der Waals surface area contributed by atoms with E-state index in [0.717, 1.165) is 54.4 Å². The van der Waals surface area contributed by atoms with E-state index in [0.29, 0.717) is 6.42 Å². The average molecular weight is 370 g/mol. The molecule has 0 aliphatic carbocycles. The number of imidazole rings is 1. The van der Waals surface area contributed by atoms with Gasteiger partial charge in [-0.3, -0.25) is 4.79 Å². The normalized spacial score (nSPS) is 19.6. The van der Waals surface area contributed by atoms with Gasteiger partial charge < -0.3 is 20.2 Å². The van der Waals surface area contributed by atoms with Crippen LogP contribution in [0, 0.1) is 11.8 Å². The highest BCUT2D eigenvalue weighted by molar-refractivity contribution is 5.81. The number of amides is 1. The number of carbonyl (C=O) groups is 1. The maximum absolute atomic E-state index is 12.7. The van der Waals surface area contributed by atoms with Crippen LogP contribution in [0.2, 0.25) is 0 Å². The molecule has 0 saturated carbocycles. The molecule has 6 nitrogen and oxygen atoms in total. The topological polar surface area (TPSA) is 81.0 Å². The molecular weight excluding hydrogens is 340 g/mol. The molecule has 1 aromatic carbocycles. The second-order valence-corrected chi connectivity index (χ2v) is 8.23. The third-order valence-electron chi connectivity index (χ3n) is 6.34. The number of fused-ring (bicyclic) bond motifs is 1. The lowest BCUT2D eigenvalue weighted by Gasteiger charge is -2.33. The Morgan fingerprint density at radius 2 is 1.63 bits per heavy atom. The third-order valence-corrected chi connectivity index (χ3v) is 6.34. The van der Waals surface area contributed by atoms with Gasteiger partial charge in [-0.15, -0.1) is 0 Å². The molecule has 2 aliphatic rings. The number of likely N-dealkylation sites (tertiary alicyclic amines) is 1. The third kappa shape index (κ3) is 4.61. The molecule has 0 radical (unpaired) electrons. The van der Waals surface area contributed by atoms with E-state index in [1.165, 1.54) is 38.8 Å². The van der Waals surface area contributed by atoms with E-state index in [9.17, 15) is 9.59 Å². The monoisotopic (exact) mass is 370 g/mol. The highest BCUT2D eigenvalue weighted by Crippen LogP contribution is 2.27. The highest BCUT2D eigenvalue weighted by Gasteiger charge is 2.24. The van der Waals surface area contributed by atoms with Crippen molar-refractivity contribution in [2.75, 3.05) is 26.2 Å². The number of nitrogens with one attached hydrogen (secondary N) is 3. The lowest BCUT2D eigenvalue weighted by Crippen LogP contribution is -2.39. The first kappa shape index (κ1) is 18.3. The van der Waals surface area contributed by atoms with E-state index in [1.807, 2.05) is 23.1 Å². The van der Waals surface area contributed by atoms with Crippen molar-refractivity contribution in [1.29, 1.82) is 0 Å². The zero-order chi connectivity index (χ0) is 18.6. The molecule has 27 heavy (non-hydrogen) atoms. The van der Waals surface area contributed by atoms with Crippen LogP contribution in [0.15, 0.2) is 23.0 Å². The minimum absolute atomic E-state index is 0.198. The van der Waals surface area contributed by atoms with Crippen molar-refractivity contribution in [1.82, 2.24) is 20.2 Å². The Morgan fingerprint density at radius 3 is 2.37 bits per heavy atom. The van der Waals surface area contributed by atoms with Gasteiger partial charge in [0.2, 0.25) is 5.91 Å². The Balaban J connectivity index is 1.24. The number of rotatable bonds is 5. The Kier molecular flexibility index (Phi) is 5.62. The van der Waals surface area contributed by atoms with Crippen LogP contribution in [-0.2, 0) is 11.2 Å². The van der Waals surface area contributed by atoms with Crippen molar-refractivity contribution < 1.29 is 4.79 Å². The van der Waals surface area contributed by atoms with Gasteiger partial charge in [0.05, 0.1) is 17.5 Å². The Labute approximate surface area is 159 Å². The van der Waals surface area contributed by atoms with E-state index in [1.54, 1.807) is 0 Å². The van der Waals surface area contributed by atoms with Crippen LogP contribution in [0.1, 0.15) is 44.1 Å². The fourth-order valence-corrected chi connectivity index (χ4v) is 4.59. The number of hydrogen-bond donors (Lipinski definition) is 3. The summed E-state index contributed by atoms with van der Waals surface area (Å²) in [6.45, 7) is 4.14. The van der Waals surface area contributed by atoms with Crippen LogP contribution in [0.4, 0.5) is 0 Å². The van der Waals surface area contributed by atoms with Gasteiger partial charge in [-0.05, 0) is 68.3 Å². The van der Waals surface area contributed by atoms with E-state index in [-0.39, 0.29) is 11.6 Å². The van der Waals surface area contributed by atoms with Crippen molar-refractivity contribution >= 4 is 16.9 Å². The van der Waals surface area contributed by atoms with Crippen LogP contribution < -0.4 is 11.0 Å². The fourth-order valence-electron chi connectivity index (χ4n) is 4.59. The number of H-pyrrole nitrogens is 2. The summed E-state index contributed by atoms with van der Waals surface area (Å²) < 4.78 is 0. The number of nitrogens with zero attached hydrogens (tertiary/aromatic N) is 1. The van der Waals surface area contributed by atoms with E-state index in [2.05, 4.69) is 15.3 Å². The van der Waals surface area contributed by atoms with Crippen LogP contribution in [0.25, 0.3) is 11.0 Å². The largest absolute Gasteiger partial charge is 0.342 e. The first-order valence-electron chi connectivity index (χ1n) is 10.4. The Hall–Kier alpha value is -2.08. The van der Waals surface area contributed by atoms with Crippen LogP contribution in [-0.4, -0.2) is 47.0 Å². The van der Waals surface area contributed by atoms with Crippen LogP contribution in [0.3, 0.4) is 0 Å². The van der Waals surface area contributed by atoms with E-state index < -0.39 is 0 Å². The standard InChI is InChI=1S/C21H30N4O2/c26-20(14-17-3-4-18-19(13-17)24-21(27)23-18)25-11-7-16(8-12-25)2-1-15-5-9-22-10-6-15/h3-4,13,15-16,22H,1-2,5-12,14H2,(H2,23,24,27). The molecule has 0 spiro atoms. The summed E-state index contributed by atoms with van der Waals surface area (Å²) in [5.41, 5.74) is 2.29. The summed E-state index contributed by atoms with van der Waals surface area (Å²) >= 11 is 0. The van der Waals surface area contributed by atoms with Gasteiger partial charge in [-0.1, -0.05) is 18.9 Å². The lowest BCUT2D eigenvalue weighted by molar-refractivity contribution is -0.131. The van der Waals surface area contributed by atoms with Gasteiger partial charge in [0.25, 0.3) is 0 Å². The maximum atomic E-state index is 12.7. The number of aromatic nitrogens is 2. The fraction of sp³-hybridized carbons (Fsp3) is 0.619. The molecule has 0 unspecified atom stereocenters. The molecule has 2 fully saturated rings. The summed E-state index contributed by atoms with van der Waals surface area (Å²) in [7, 11) is 0. The van der Waals surface area contributed by atoms with Gasteiger partial charge in [-0.2, -0.15) is 0 Å². The zero-order valence-electron chi connectivity index (χ0n) is 15.9. The predicted molar refractivity (Wildman–Crippen MR) is 107 cm³/mol. The summed E-state index contributed by atoms with van der Waals surface area (Å²) in [5.74, 6) is 1.88. The van der Waals surface area contributed by atoms with Gasteiger partial charge in [-0.25, -0.2) is 4.79 Å². The SMILES string of the molecule is O=C(Cc1ccc2[nH]c(=O)[nH]c2c1)N1CCC(CCC2CCNCC2)CC1. The molecular formula is C21H30N4O2. The molecule has 0 bridgehead atoms. The minimum Gasteiger partial charge on any atom is -0.342 e. The molecule has 0 atom stereocenters. The molecule has 2 aromatic rings. The summed E-state index contributed by atoms with van der Waals surface area (Å²) in [6.07, 6.45) is 8.02. The molecule has 1 aromatic heterocycles. The number of piperidine rings is 2. The zero-order valence-corrected chi connectivity index (χ0v) is 15.9. The molecule has 2 saturated heterocycles. The van der Waals surface area contributed by atoms with Crippen molar-refractivity contribution in [3.8, 4) is 0 Å². The van der Waals surface area contributed by atoms with Crippen LogP contribution >= 0.6 is 0 Å². The smallest absolute Gasteiger partial charge is 0.323 e. The van der Waals surface area contributed by atoms with Gasteiger partial charge in [0.15, 0.2) is 0 Å². The molecule has 3 N–H and O–H groups in total. The predicted octanol–water partition coefficient (Wildman–Crippen LogP) is 2.42. The molecule has 3 heterocycles. The minimum atomic E-state index is -0.208. The molecule has 1 amide bonds. The Bertz CT molecular complexity index is 826. The summed E-state index contributed by atoms with van der Waals surface area (Å²) in [6, 6.07) is 5.69. The molecule has 6 heteroatoms. The number of aromatic amines is 2. The van der Waals surface area contributed by atoms with Gasteiger partial charge in [0, 0.05) is 13.1 Å². The highest BCUT2D eigenvalue weighted by atomic mass is 16.2. The second-order valence-electron chi connectivity index (χ2n) is 8.23. The van der Waals surface area contributed by atoms with E-state index >= 15 is 0 Å². The first-order chi connectivity index (χ1) is 13.2. The van der Waals surface area contributed by atoms with Crippen molar-refractivity contribution in [2.24, 2.45) is 11.8 Å². The number of carbonyl (C=O) groups excluding carboxylic acids is 1. The molecule has 4 rings (SSSR count). The molecule has 146 valence electrons. The first-order valence-corrected chi connectivity index (χ1v) is 10.4.